The average molecular weight is 715 g/mol. The molecule has 272 valence electrons. The van der Waals surface area contributed by atoms with E-state index in [-0.39, 0.29) is 24.1 Å². The Hall–Kier alpha value is -5.98. The number of anilines is 1. The average Bonchev–Trinajstić information content (AvgIpc) is 3.97. The number of nitrogens with one attached hydrogen (secondary N) is 3. The van der Waals surface area contributed by atoms with Crippen LogP contribution in [0.2, 0.25) is 0 Å². The number of benzene rings is 3. The molecule has 8 rings (SSSR count). The molecule has 53 heavy (non-hydrogen) atoms. The Morgan fingerprint density at radius 2 is 1.55 bits per heavy atom. The first kappa shape index (κ1) is 34.1. The smallest absolute Gasteiger partial charge is 0.410 e. The number of methoxy groups -OCH3 is 1. The Morgan fingerprint density at radius 3 is 2.26 bits per heavy atom. The third-order valence-corrected chi connectivity index (χ3v) is 10.2. The highest BCUT2D eigenvalue weighted by atomic mass is 16.6. The lowest BCUT2D eigenvalue weighted by Crippen LogP contribution is -2.48. The third kappa shape index (κ3) is 6.62. The van der Waals surface area contributed by atoms with Crippen molar-refractivity contribution in [2.24, 2.45) is 0 Å². The van der Waals surface area contributed by atoms with Crippen molar-refractivity contribution in [2.75, 3.05) is 18.6 Å². The lowest BCUT2D eigenvalue weighted by atomic mass is 10.0. The number of nitrogens with zero attached hydrogens (tertiary/aromatic N) is 5. The minimum Gasteiger partial charge on any atom is -0.453 e. The summed E-state index contributed by atoms with van der Waals surface area (Å²) in [6, 6.07) is 21.3. The third-order valence-electron chi connectivity index (χ3n) is 10.2. The maximum absolute atomic E-state index is 13.9. The van der Waals surface area contributed by atoms with Gasteiger partial charge in [0.15, 0.2) is 11.6 Å². The molecule has 3 aliphatic heterocycles. The molecule has 1 saturated heterocycles. The Labute approximate surface area is 307 Å². The van der Waals surface area contributed by atoms with Gasteiger partial charge in [0.05, 0.1) is 36.8 Å². The molecule has 0 bridgehead atoms. The van der Waals surface area contributed by atoms with E-state index in [4.69, 9.17) is 14.5 Å². The number of alkyl carbamates (subject to hydrolysis) is 1. The molecule has 0 spiro atoms. The van der Waals surface area contributed by atoms with E-state index in [2.05, 4.69) is 67.9 Å². The van der Waals surface area contributed by atoms with Crippen LogP contribution in [-0.2, 0) is 27.1 Å². The fourth-order valence-electron chi connectivity index (χ4n) is 7.65. The van der Waals surface area contributed by atoms with Crippen LogP contribution >= 0.6 is 0 Å². The normalized spacial score (nSPS) is 19.5. The number of hydrogen-bond acceptors (Lipinski definition) is 8. The van der Waals surface area contributed by atoms with Gasteiger partial charge in [-0.05, 0) is 74.3 Å². The predicted octanol–water partition coefficient (Wildman–Crippen LogP) is 6.90. The van der Waals surface area contributed by atoms with E-state index in [1.165, 1.54) is 7.11 Å². The number of aryl methyl sites for hydroxylation is 1. The van der Waals surface area contributed by atoms with Crippen LogP contribution in [0, 0.1) is 0 Å². The Kier molecular flexibility index (Phi) is 8.71. The van der Waals surface area contributed by atoms with Gasteiger partial charge in [-0.3, -0.25) is 14.6 Å². The fourth-order valence-corrected chi connectivity index (χ4v) is 7.65. The van der Waals surface area contributed by atoms with Crippen LogP contribution in [0.4, 0.5) is 15.3 Å². The molecule has 2 aromatic heterocycles. The summed E-state index contributed by atoms with van der Waals surface area (Å²) in [7, 11) is 1.30. The second kappa shape index (κ2) is 13.5. The number of carbonyl (C=O) groups excluding carboxylic acids is 3. The molecule has 3 atom stereocenters. The van der Waals surface area contributed by atoms with Crippen LogP contribution in [0.15, 0.2) is 72.9 Å². The summed E-state index contributed by atoms with van der Waals surface area (Å²) in [6.45, 7) is 6.22. The standard InChI is InChI=1S/C40H42N8O5/c1-40(2,3)53-39(51)47-20-6-9-31(47)36-44-34(45-46-36)27-16-12-24(13-17-27)23-10-14-25(15-11-23)30-22-41-35(42-30)32-21-28-8-5-7-26-18-19-29(43-38(50)52-4)37(49)48(32)33(26)28/h5,7-8,10-17,22,29,31-32H,6,9,18-21H2,1-4H3,(H,41,42)(H,43,50)(H,44,45,46)/t29-,31-,32-/m0/s1. The van der Waals surface area contributed by atoms with Gasteiger partial charge in [0, 0.05) is 18.5 Å². The zero-order chi connectivity index (χ0) is 36.9. The highest BCUT2D eigenvalue weighted by Crippen LogP contribution is 2.44. The van der Waals surface area contributed by atoms with Gasteiger partial charge in [-0.1, -0.05) is 66.7 Å². The number of amides is 3. The van der Waals surface area contributed by atoms with Crippen LogP contribution in [0.3, 0.4) is 0 Å². The molecule has 3 amide bonds. The maximum atomic E-state index is 13.9. The largest absolute Gasteiger partial charge is 0.453 e. The van der Waals surface area contributed by atoms with Crippen molar-refractivity contribution in [2.45, 2.75) is 76.6 Å². The monoisotopic (exact) mass is 714 g/mol. The van der Waals surface area contributed by atoms with Gasteiger partial charge in [0.2, 0.25) is 5.91 Å². The molecule has 0 unspecified atom stereocenters. The van der Waals surface area contributed by atoms with E-state index in [9.17, 15) is 14.4 Å². The molecular formula is C40H42N8O5. The van der Waals surface area contributed by atoms with Crippen LogP contribution in [-0.4, -0.2) is 73.4 Å². The van der Waals surface area contributed by atoms with E-state index in [1.54, 1.807) is 16.0 Å². The number of imidazole rings is 1. The van der Waals surface area contributed by atoms with Crippen molar-refractivity contribution in [1.82, 2.24) is 35.4 Å². The number of aromatic nitrogens is 5. The van der Waals surface area contributed by atoms with Gasteiger partial charge >= 0.3 is 12.2 Å². The molecular weight excluding hydrogens is 672 g/mol. The van der Waals surface area contributed by atoms with Crippen molar-refractivity contribution >= 4 is 23.8 Å². The van der Waals surface area contributed by atoms with Gasteiger partial charge in [0.25, 0.3) is 0 Å². The van der Waals surface area contributed by atoms with Crippen molar-refractivity contribution in [3.8, 4) is 33.8 Å². The summed E-state index contributed by atoms with van der Waals surface area (Å²) < 4.78 is 10.4. The van der Waals surface area contributed by atoms with Gasteiger partial charge in [-0.2, -0.15) is 0 Å². The quantitative estimate of drug-likeness (QED) is 0.171. The van der Waals surface area contributed by atoms with Crippen molar-refractivity contribution in [1.29, 1.82) is 0 Å². The van der Waals surface area contributed by atoms with Gasteiger partial charge in [-0.25, -0.2) is 14.6 Å². The first-order valence-corrected chi connectivity index (χ1v) is 18.0. The number of carbonyl (C=O) groups is 3. The predicted molar refractivity (Wildman–Crippen MR) is 198 cm³/mol. The van der Waals surface area contributed by atoms with Crippen LogP contribution in [0.25, 0.3) is 33.8 Å². The molecule has 0 aliphatic carbocycles. The molecule has 0 radical (unpaired) electrons. The van der Waals surface area contributed by atoms with Crippen molar-refractivity contribution < 1.29 is 23.9 Å². The highest BCUT2D eigenvalue weighted by molar-refractivity contribution is 6.02. The van der Waals surface area contributed by atoms with Crippen LogP contribution in [0.1, 0.15) is 74.9 Å². The maximum Gasteiger partial charge on any atom is 0.410 e. The zero-order valence-electron chi connectivity index (χ0n) is 30.2. The Morgan fingerprint density at radius 1 is 0.849 bits per heavy atom. The van der Waals surface area contributed by atoms with Crippen molar-refractivity contribution in [3.63, 3.8) is 0 Å². The fraction of sp³-hybridized carbons (Fsp3) is 0.350. The van der Waals surface area contributed by atoms with E-state index < -0.39 is 17.7 Å². The van der Waals surface area contributed by atoms with Gasteiger partial charge in [0.1, 0.15) is 17.5 Å². The number of rotatable bonds is 6. The Balaban J connectivity index is 0.962. The van der Waals surface area contributed by atoms with Crippen LogP contribution < -0.4 is 10.2 Å². The molecule has 13 heteroatoms. The molecule has 0 saturated carbocycles. The van der Waals surface area contributed by atoms with Gasteiger partial charge in [-0.15, -0.1) is 10.2 Å². The molecule has 1 fully saturated rings. The first-order chi connectivity index (χ1) is 25.6. The topological polar surface area (TPSA) is 158 Å². The number of para-hydroxylation sites is 1. The molecule has 3 aromatic carbocycles. The number of likely N-dealkylation sites (tertiary alicyclic amines) is 1. The minimum absolute atomic E-state index is 0.167. The number of H-pyrrole nitrogens is 2. The van der Waals surface area contributed by atoms with Crippen molar-refractivity contribution in [3.05, 3.63) is 95.7 Å². The molecule has 5 aromatic rings. The summed E-state index contributed by atoms with van der Waals surface area (Å²) in [5.41, 5.74) is 7.34. The highest BCUT2D eigenvalue weighted by Gasteiger charge is 2.43. The zero-order valence-corrected chi connectivity index (χ0v) is 30.2. The molecule has 3 N–H and O–H groups in total. The van der Waals surface area contributed by atoms with E-state index in [0.717, 1.165) is 57.6 Å². The Bertz CT molecular complexity index is 2170. The summed E-state index contributed by atoms with van der Waals surface area (Å²) >= 11 is 0. The molecule has 5 heterocycles. The lowest BCUT2D eigenvalue weighted by molar-refractivity contribution is -0.121. The summed E-state index contributed by atoms with van der Waals surface area (Å²) in [4.78, 5) is 53.9. The second-order valence-electron chi connectivity index (χ2n) is 14.8. The first-order valence-electron chi connectivity index (χ1n) is 18.0. The number of aromatic amines is 2. The summed E-state index contributed by atoms with van der Waals surface area (Å²) in [5.74, 6) is 1.83. The molecule has 13 nitrogen and oxygen atoms in total. The summed E-state index contributed by atoms with van der Waals surface area (Å²) in [6.07, 6.45) is 4.31. The van der Waals surface area contributed by atoms with Gasteiger partial charge < -0.3 is 24.8 Å². The minimum atomic E-state index is -0.693. The lowest BCUT2D eigenvalue weighted by Gasteiger charge is -2.27. The number of hydrogen-bond donors (Lipinski definition) is 3. The van der Waals surface area contributed by atoms with E-state index in [1.807, 2.05) is 45.0 Å². The SMILES string of the molecule is COC(=O)N[C@H]1CCc2cccc3c2N(C1=O)[C@H](c1ncc(-c2ccc(-c4ccc(-c5nnc([C@@H]6CCCN6C(=O)OC(C)(C)C)[nH]5)cc4)cc2)[nH]1)C3. The van der Waals surface area contributed by atoms with E-state index in [0.29, 0.717) is 43.3 Å². The number of ether oxygens (including phenoxy) is 2. The van der Waals surface area contributed by atoms with E-state index >= 15 is 0 Å². The summed E-state index contributed by atoms with van der Waals surface area (Å²) in [5, 5.41) is 11.5. The van der Waals surface area contributed by atoms with Crippen LogP contribution in [0.5, 0.6) is 0 Å². The molecule has 3 aliphatic rings. The second-order valence-corrected chi connectivity index (χ2v) is 14.8.